The average Bonchev–Trinajstić information content (AvgIpc) is 2.87. The van der Waals surface area contributed by atoms with Crippen LogP contribution in [0.2, 0.25) is 0 Å². The Labute approximate surface area is 112 Å². The number of nitrogens with one attached hydrogen (secondary N) is 1. The smallest absolute Gasteiger partial charge is 0.371 e. The standard InChI is InChI=1S/C13H20N2O4/c1-3-8-15(4-2)9-7-14-12(16)10-5-6-11(19-10)13(17)18/h5-6H,3-4,7-9H2,1-2H3,(H,14,16)(H,17,18). The number of nitrogens with zero attached hydrogens (tertiary/aromatic N) is 1. The zero-order valence-electron chi connectivity index (χ0n) is 11.3. The van der Waals surface area contributed by atoms with Gasteiger partial charge in [-0.2, -0.15) is 0 Å². The monoisotopic (exact) mass is 268 g/mol. The molecular formula is C13H20N2O4. The van der Waals surface area contributed by atoms with Crippen LogP contribution in [-0.4, -0.2) is 48.1 Å². The maximum atomic E-state index is 11.7. The molecule has 1 heterocycles. The van der Waals surface area contributed by atoms with Crippen LogP contribution < -0.4 is 5.32 Å². The van der Waals surface area contributed by atoms with Gasteiger partial charge in [-0.05, 0) is 31.6 Å². The highest BCUT2D eigenvalue weighted by Crippen LogP contribution is 2.07. The minimum absolute atomic E-state index is 0.0240. The van der Waals surface area contributed by atoms with Crippen molar-refractivity contribution < 1.29 is 19.1 Å². The number of rotatable bonds is 8. The molecule has 0 unspecified atom stereocenters. The Morgan fingerprint density at radius 1 is 1.26 bits per heavy atom. The summed E-state index contributed by atoms with van der Waals surface area (Å²) >= 11 is 0. The quantitative estimate of drug-likeness (QED) is 0.745. The third-order valence-corrected chi connectivity index (χ3v) is 2.74. The average molecular weight is 268 g/mol. The summed E-state index contributed by atoms with van der Waals surface area (Å²) in [5.41, 5.74) is 0. The molecule has 0 atom stereocenters. The fourth-order valence-corrected chi connectivity index (χ4v) is 1.73. The molecule has 0 fully saturated rings. The molecule has 2 N–H and O–H groups in total. The van der Waals surface area contributed by atoms with Crippen molar-refractivity contribution in [2.24, 2.45) is 0 Å². The Balaban J connectivity index is 2.40. The van der Waals surface area contributed by atoms with Gasteiger partial charge in [-0.15, -0.1) is 0 Å². The lowest BCUT2D eigenvalue weighted by Crippen LogP contribution is -2.35. The highest BCUT2D eigenvalue weighted by Gasteiger charge is 2.14. The molecule has 0 bridgehead atoms. The maximum absolute atomic E-state index is 11.7. The molecule has 0 saturated heterocycles. The Kier molecular flexibility index (Phi) is 6.08. The van der Waals surface area contributed by atoms with E-state index in [1.54, 1.807) is 0 Å². The molecule has 6 heteroatoms. The van der Waals surface area contributed by atoms with Crippen molar-refractivity contribution in [3.63, 3.8) is 0 Å². The van der Waals surface area contributed by atoms with Crippen molar-refractivity contribution in [2.75, 3.05) is 26.2 Å². The molecule has 0 saturated carbocycles. The largest absolute Gasteiger partial charge is 0.475 e. The molecule has 1 rings (SSSR count). The van der Waals surface area contributed by atoms with Crippen LogP contribution in [0.1, 0.15) is 41.4 Å². The molecule has 1 aromatic rings. The summed E-state index contributed by atoms with van der Waals surface area (Å²) in [5.74, 6) is -1.78. The SMILES string of the molecule is CCCN(CC)CCNC(=O)c1ccc(C(=O)O)o1. The summed E-state index contributed by atoms with van der Waals surface area (Å²) in [5, 5.41) is 11.4. The molecule has 1 amide bonds. The number of aromatic carboxylic acids is 1. The first-order chi connectivity index (χ1) is 9.08. The van der Waals surface area contributed by atoms with Gasteiger partial charge >= 0.3 is 5.97 Å². The van der Waals surface area contributed by atoms with E-state index in [0.29, 0.717) is 6.54 Å². The highest BCUT2D eigenvalue weighted by molar-refractivity contribution is 5.93. The zero-order chi connectivity index (χ0) is 14.3. The van der Waals surface area contributed by atoms with Crippen molar-refractivity contribution in [3.05, 3.63) is 23.7 Å². The predicted molar refractivity (Wildman–Crippen MR) is 70.4 cm³/mol. The van der Waals surface area contributed by atoms with Crippen LogP contribution >= 0.6 is 0 Å². The molecule has 0 aliphatic rings. The molecule has 0 aliphatic carbocycles. The fraction of sp³-hybridized carbons (Fsp3) is 0.538. The van der Waals surface area contributed by atoms with E-state index in [0.717, 1.165) is 26.1 Å². The molecule has 6 nitrogen and oxygen atoms in total. The van der Waals surface area contributed by atoms with E-state index in [9.17, 15) is 9.59 Å². The normalized spacial score (nSPS) is 10.7. The first kappa shape index (κ1) is 15.2. The molecule has 106 valence electrons. The van der Waals surface area contributed by atoms with Gasteiger partial charge in [-0.3, -0.25) is 4.79 Å². The van der Waals surface area contributed by atoms with Crippen LogP contribution in [-0.2, 0) is 0 Å². The first-order valence-electron chi connectivity index (χ1n) is 6.42. The highest BCUT2D eigenvalue weighted by atomic mass is 16.4. The minimum Gasteiger partial charge on any atom is -0.475 e. The molecule has 1 aromatic heterocycles. The first-order valence-corrected chi connectivity index (χ1v) is 6.42. The van der Waals surface area contributed by atoms with Crippen LogP contribution in [0.15, 0.2) is 16.5 Å². The van der Waals surface area contributed by atoms with Gasteiger partial charge in [0.2, 0.25) is 5.76 Å². The Bertz CT molecular complexity index is 428. The number of carbonyl (C=O) groups is 2. The number of likely N-dealkylation sites (N-methyl/N-ethyl adjacent to an activating group) is 1. The van der Waals surface area contributed by atoms with E-state index in [-0.39, 0.29) is 17.4 Å². The van der Waals surface area contributed by atoms with Gasteiger partial charge < -0.3 is 19.7 Å². The van der Waals surface area contributed by atoms with Crippen molar-refractivity contribution in [2.45, 2.75) is 20.3 Å². The van der Waals surface area contributed by atoms with Crippen molar-refractivity contribution >= 4 is 11.9 Å². The number of hydrogen-bond acceptors (Lipinski definition) is 4. The lowest BCUT2D eigenvalue weighted by atomic mass is 10.3. The van der Waals surface area contributed by atoms with Gasteiger partial charge in [-0.1, -0.05) is 13.8 Å². The van der Waals surface area contributed by atoms with Crippen LogP contribution in [0.3, 0.4) is 0 Å². The maximum Gasteiger partial charge on any atom is 0.371 e. The van der Waals surface area contributed by atoms with Gasteiger partial charge in [0.25, 0.3) is 5.91 Å². The lowest BCUT2D eigenvalue weighted by Gasteiger charge is -2.19. The number of carbonyl (C=O) groups excluding carboxylic acids is 1. The van der Waals surface area contributed by atoms with Crippen LogP contribution in [0.4, 0.5) is 0 Å². The Morgan fingerprint density at radius 3 is 2.47 bits per heavy atom. The number of carboxylic acid groups (broad SMARTS) is 1. The second-order valence-corrected chi connectivity index (χ2v) is 4.16. The topological polar surface area (TPSA) is 82.8 Å². The Hall–Kier alpha value is -1.82. The van der Waals surface area contributed by atoms with Crippen molar-refractivity contribution in [1.82, 2.24) is 10.2 Å². The van der Waals surface area contributed by atoms with E-state index >= 15 is 0 Å². The van der Waals surface area contributed by atoms with E-state index in [2.05, 4.69) is 24.1 Å². The number of amides is 1. The van der Waals surface area contributed by atoms with E-state index in [4.69, 9.17) is 9.52 Å². The molecule has 0 aromatic carbocycles. The van der Waals surface area contributed by atoms with E-state index in [1.165, 1.54) is 12.1 Å². The van der Waals surface area contributed by atoms with Crippen LogP contribution in [0, 0.1) is 0 Å². The summed E-state index contributed by atoms with van der Waals surface area (Å²) in [6.07, 6.45) is 1.07. The van der Waals surface area contributed by atoms with Crippen LogP contribution in [0.5, 0.6) is 0 Å². The molecule has 0 radical (unpaired) electrons. The van der Waals surface area contributed by atoms with Crippen molar-refractivity contribution in [3.8, 4) is 0 Å². The Morgan fingerprint density at radius 2 is 1.95 bits per heavy atom. The number of hydrogen-bond donors (Lipinski definition) is 2. The summed E-state index contributed by atoms with van der Waals surface area (Å²) in [6.45, 7) is 7.39. The number of carboxylic acids is 1. The third-order valence-electron chi connectivity index (χ3n) is 2.74. The molecule has 19 heavy (non-hydrogen) atoms. The zero-order valence-corrected chi connectivity index (χ0v) is 11.3. The minimum atomic E-state index is -1.18. The van der Waals surface area contributed by atoms with E-state index < -0.39 is 5.97 Å². The van der Waals surface area contributed by atoms with Gasteiger partial charge in [0, 0.05) is 13.1 Å². The third kappa shape index (κ3) is 4.75. The van der Waals surface area contributed by atoms with Gasteiger partial charge in [0.1, 0.15) is 0 Å². The second kappa shape index (κ2) is 7.58. The fourth-order valence-electron chi connectivity index (χ4n) is 1.73. The van der Waals surface area contributed by atoms with Crippen LogP contribution in [0.25, 0.3) is 0 Å². The predicted octanol–water partition coefficient (Wildman–Crippen LogP) is 1.44. The molecule has 0 spiro atoms. The summed E-state index contributed by atoms with van der Waals surface area (Å²) in [6, 6.07) is 2.63. The number of furan rings is 1. The molecule has 0 aliphatic heterocycles. The summed E-state index contributed by atoms with van der Waals surface area (Å²) in [7, 11) is 0. The second-order valence-electron chi connectivity index (χ2n) is 4.16. The van der Waals surface area contributed by atoms with Gasteiger partial charge in [0.05, 0.1) is 0 Å². The van der Waals surface area contributed by atoms with Gasteiger partial charge in [0.15, 0.2) is 5.76 Å². The van der Waals surface area contributed by atoms with Gasteiger partial charge in [-0.25, -0.2) is 4.79 Å². The summed E-state index contributed by atoms with van der Waals surface area (Å²) < 4.78 is 4.91. The van der Waals surface area contributed by atoms with Crippen molar-refractivity contribution in [1.29, 1.82) is 0 Å². The van der Waals surface area contributed by atoms with E-state index in [1.807, 2.05) is 0 Å². The lowest BCUT2D eigenvalue weighted by molar-refractivity contribution is 0.0659. The molecular weight excluding hydrogens is 248 g/mol. The summed E-state index contributed by atoms with van der Waals surface area (Å²) in [4.78, 5) is 24.5.